The summed E-state index contributed by atoms with van der Waals surface area (Å²) in [6.07, 6.45) is 3.38. The number of nitrogens with zero attached hydrogens (tertiary/aromatic N) is 6. The van der Waals surface area contributed by atoms with Crippen molar-refractivity contribution in [3.63, 3.8) is 0 Å². The van der Waals surface area contributed by atoms with Gasteiger partial charge in [0.2, 0.25) is 0 Å². The van der Waals surface area contributed by atoms with Crippen molar-refractivity contribution in [2.24, 2.45) is 0 Å². The zero-order valence-corrected chi connectivity index (χ0v) is 20.7. The molecular weight excluding hydrogens is 493 g/mol. The van der Waals surface area contributed by atoms with Crippen molar-refractivity contribution in [2.45, 2.75) is 25.9 Å². The number of carboxylic acid groups (broad SMARTS) is 1. The summed E-state index contributed by atoms with van der Waals surface area (Å²) >= 11 is 0. The van der Waals surface area contributed by atoms with Crippen molar-refractivity contribution < 1.29 is 19.0 Å². The number of nitriles is 1. The van der Waals surface area contributed by atoms with E-state index in [1.165, 1.54) is 24.3 Å². The number of pyridine rings is 2. The first kappa shape index (κ1) is 25.8. The molecule has 0 saturated carbocycles. The van der Waals surface area contributed by atoms with Crippen LogP contribution < -0.4 is 20.7 Å². The summed E-state index contributed by atoms with van der Waals surface area (Å²) in [6, 6.07) is 10.2. The van der Waals surface area contributed by atoms with E-state index < -0.39 is 24.0 Å². The molecule has 0 unspecified atom stereocenters. The van der Waals surface area contributed by atoms with Gasteiger partial charge < -0.3 is 25.8 Å². The molecule has 0 saturated heterocycles. The van der Waals surface area contributed by atoms with Crippen LogP contribution in [0.25, 0.3) is 5.69 Å². The van der Waals surface area contributed by atoms with E-state index in [9.17, 15) is 15.2 Å². The third-order valence-corrected chi connectivity index (χ3v) is 5.67. The van der Waals surface area contributed by atoms with Crippen LogP contribution >= 0.6 is 0 Å². The van der Waals surface area contributed by atoms with E-state index in [4.69, 9.17) is 4.74 Å². The number of hydrogen-bond donors (Lipinski definition) is 4. The highest BCUT2D eigenvalue weighted by molar-refractivity contribution is 5.67. The Bertz CT molecular complexity index is 1470. The SMILES string of the molecule is COc1ccc([C@H](Nc2nc(Nc3cnc(C)c(-n4nccn4)c3)c(C#N)cc2F)[C@H](C)NC(=O)O)cc1. The Labute approximate surface area is 217 Å². The van der Waals surface area contributed by atoms with Gasteiger partial charge in [-0.25, -0.2) is 14.2 Å². The molecule has 194 valence electrons. The van der Waals surface area contributed by atoms with Crippen molar-refractivity contribution in [1.29, 1.82) is 5.26 Å². The fourth-order valence-electron chi connectivity index (χ4n) is 3.77. The summed E-state index contributed by atoms with van der Waals surface area (Å²) in [5.41, 5.74) is 2.37. The minimum Gasteiger partial charge on any atom is -0.497 e. The van der Waals surface area contributed by atoms with E-state index in [0.29, 0.717) is 28.4 Å². The molecule has 0 aliphatic rings. The maximum Gasteiger partial charge on any atom is 0.404 e. The molecule has 0 fully saturated rings. The number of benzene rings is 1. The quantitative estimate of drug-likeness (QED) is 0.256. The monoisotopic (exact) mass is 517 g/mol. The van der Waals surface area contributed by atoms with Crippen LogP contribution in [0.1, 0.15) is 29.8 Å². The molecule has 4 N–H and O–H groups in total. The van der Waals surface area contributed by atoms with Gasteiger partial charge in [0, 0.05) is 0 Å². The average Bonchev–Trinajstić information content (AvgIpc) is 3.44. The Hall–Kier alpha value is -5.25. The molecular formula is C25H24FN9O3. The first-order chi connectivity index (χ1) is 18.3. The van der Waals surface area contributed by atoms with Gasteiger partial charge in [-0.05, 0) is 43.7 Å². The van der Waals surface area contributed by atoms with Crippen molar-refractivity contribution in [3.05, 3.63) is 77.6 Å². The second kappa shape index (κ2) is 11.2. The zero-order chi connectivity index (χ0) is 27.2. The number of carbonyl (C=O) groups is 1. The Kier molecular flexibility index (Phi) is 7.62. The summed E-state index contributed by atoms with van der Waals surface area (Å²) in [5, 5.41) is 35.5. The van der Waals surface area contributed by atoms with Gasteiger partial charge in [0.15, 0.2) is 17.5 Å². The summed E-state index contributed by atoms with van der Waals surface area (Å²) in [5.74, 6) is -0.275. The van der Waals surface area contributed by atoms with Crippen LogP contribution in [0.3, 0.4) is 0 Å². The van der Waals surface area contributed by atoms with Gasteiger partial charge in [0.05, 0.1) is 54.7 Å². The van der Waals surface area contributed by atoms with Crippen molar-refractivity contribution in [3.8, 4) is 17.5 Å². The lowest BCUT2D eigenvalue weighted by Crippen LogP contribution is -2.39. The number of amides is 1. The highest BCUT2D eigenvalue weighted by Crippen LogP contribution is 2.29. The number of halogens is 1. The van der Waals surface area contributed by atoms with Gasteiger partial charge >= 0.3 is 6.09 Å². The fourth-order valence-corrected chi connectivity index (χ4v) is 3.77. The number of aryl methyl sites for hydroxylation is 1. The Morgan fingerprint density at radius 2 is 1.89 bits per heavy atom. The fraction of sp³-hybridized carbons (Fsp3) is 0.200. The smallest absolute Gasteiger partial charge is 0.404 e. The number of rotatable bonds is 9. The third kappa shape index (κ3) is 5.76. The van der Waals surface area contributed by atoms with E-state index in [1.54, 1.807) is 50.4 Å². The van der Waals surface area contributed by atoms with Crippen LogP contribution in [0.2, 0.25) is 0 Å². The largest absolute Gasteiger partial charge is 0.497 e. The molecule has 3 heterocycles. The molecule has 1 amide bonds. The lowest BCUT2D eigenvalue weighted by Gasteiger charge is -2.26. The predicted octanol–water partition coefficient (Wildman–Crippen LogP) is 3.94. The normalized spacial score (nSPS) is 12.2. The molecule has 13 heteroatoms. The molecule has 0 bridgehead atoms. The number of hydrogen-bond acceptors (Lipinski definition) is 9. The molecule has 0 aliphatic heterocycles. The minimum absolute atomic E-state index is 0.0369. The number of ether oxygens (including phenoxy) is 1. The second-order valence-electron chi connectivity index (χ2n) is 8.23. The Morgan fingerprint density at radius 1 is 1.18 bits per heavy atom. The van der Waals surface area contributed by atoms with Crippen molar-refractivity contribution in [2.75, 3.05) is 17.7 Å². The van der Waals surface area contributed by atoms with Crippen LogP contribution in [0.4, 0.5) is 26.5 Å². The minimum atomic E-state index is -1.23. The molecule has 0 radical (unpaired) electrons. The summed E-state index contributed by atoms with van der Waals surface area (Å²) in [6.45, 7) is 3.44. The molecule has 3 aromatic heterocycles. The van der Waals surface area contributed by atoms with Crippen molar-refractivity contribution in [1.82, 2.24) is 30.3 Å². The number of anilines is 3. The van der Waals surface area contributed by atoms with E-state index in [-0.39, 0.29) is 17.2 Å². The molecule has 12 nitrogen and oxygen atoms in total. The van der Waals surface area contributed by atoms with E-state index in [1.807, 2.05) is 6.07 Å². The number of nitrogens with one attached hydrogen (secondary N) is 3. The van der Waals surface area contributed by atoms with Gasteiger partial charge in [-0.1, -0.05) is 12.1 Å². The van der Waals surface area contributed by atoms with Crippen LogP contribution in [-0.2, 0) is 0 Å². The zero-order valence-electron chi connectivity index (χ0n) is 20.7. The molecule has 2 atom stereocenters. The van der Waals surface area contributed by atoms with Gasteiger partial charge in [-0.15, -0.1) is 4.80 Å². The van der Waals surface area contributed by atoms with E-state index in [0.717, 1.165) is 6.07 Å². The topological polar surface area (TPSA) is 163 Å². The van der Waals surface area contributed by atoms with Crippen LogP contribution in [0.5, 0.6) is 5.75 Å². The van der Waals surface area contributed by atoms with Crippen LogP contribution in [-0.4, -0.2) is 49.3 Å². The van der Waals surface area contributed by atoms with Gasteiger partial charge in [-0.3, -0.25) is 4.98 Å². The number of aromatic nitrogens is 5. The molecule has 0 aliphatic carbocycles. The van der Waals surface area contributed by atoms with Crippen LogP contribution in [0, 0.1) is 24.1 Å². The summed E-state index contributed by atoms with van der Waals surface area (Å²) < 4.78 is 20.3. The van der Waals surface area contributed by atoms with E-state index >= 15 is 4.39 Å². The molecule has 0 spiro atoms. The predicted molar refractivity (Wildman–Crippen MR) is 136 cm³/mol. The van der Waals surface area contributed by atoms with Gasteiger partial charge in [0.25, 0.3) is 0 Å². The molecule has 38 heavy (non-hydrogen) atoms. The highest BCUT2D eigenvalue weighted by atomic mass is 19.1. The third-order valence-electron chi connectivity index (χ3n) is 5.67. The lowest BCUT2D eigenvalue weighted by molar-refractivity contribution is 0.189. The Balaban J connectivity index is 1.69. The average molecular weight is 518 g/mol. The maximum atomic E-state index is 15.1. The molecule has 1 aromatic carbocycles. The Morgan fingerprint density at radius 3 is 2.53 bits per heavy atom. The maximum absolute atomic E-state index is 15.1. The summed E-state index contributed by atoms with van der Waals surface area (Å²) in [7, 11) is 1.53. The molecule has 4 rings (SSSR count). The van der Waals surface area contributed by atoms with E-state index in [2.05, 4.69) is 36.1 Å². The first-order valence-electron chi connectivity index (χ1n) is 11.4. The number of methoxy groups -OCH3 is 1. The second-order valence-corrected chi connectivity index (χ2v) is 8.23. The van der Waals surface area contributed by atoms with Gasteiger partial charge in [0.1, 0.15) is 17.5 Å². The molecule has 4 aromatic rings. The highest BCUT2D eigenvalue weighted by Gasteiger charge is 2.24. The lowest BCUT2D eigenvalue weighted by atomic mass is 10.00. The van der Waals surface area contributed by atoms with Crippen LogP contribution in [0.15, 0.2) is 55.0 Å². The summed E-state index contributed by atoms with van der Waals surface area (Å²) in [4.78, 5) is 21.4. The standard InChI is InChI=1S/C25H24FN9O3/c1-14-21(35-29-8-9-30-35)11-18(13-28-14)32-23-17(12-27)10-20(26)24(34-23)33-22(15(2)31-25(36)37)16-4-6-19(38-3)7-5-16/h4-11,13,15,22,31H,1-3H3,(H,36,37)(H2,32,33,34)/t15-,22+/m0/s1. The first-order valence-corrected chi connectivity index (χ1v) is 11.4. The van der Waals surface area contributed by atoms with Crippen molar-refractivity contribution >= 4 is 23.4 Å². The van der Waals surface area contributed by atoms with Gasteiger partial charge in [-0.2, -0.15) is 15.5 Å².